The van der Waals surface area contributed by atoms with Crippen molar-refractivity contribution in [2.75, 3.05) is 19.5 Å². The van der Waals surface area contributed by atoms with E-state index in [-0.39, 0.29) is 40.3 Å². The van der Waals surface area contributed by atoms with Gasteiger partial charge in [-0.3, -0.25) is 4.79 Å². The van der Waals surface area contributed by atoms with Crippen molar-refractivity contribution in [1.29, 1.82) is 0 Å². The number of nitrogens with zero attached hydrogens (tertiary/aromatic N) is 5. The van der Waals surface area contributed by atoms with Crippen LogP contribution in [0.2, 0.25) is 0 Å². The van der Waals surface area contributed by atoms with Crippen LogP contribution in [-0.2, 0) is 10.9 Å². The van der Waals surface area contributed by atoms with E-state index in [0.717, 1.165) is 10.7 Å². The van der Waals surface area contributed by atoms with Crippen LogP contribution in [0.25, 0.3) is 16.9 Å². The number of methoxy groups -OCH3 is 2. The first-order valence-corrected chi connectivity index (χ1v) is 11.0. The average molecular weight is 526 g/mol. The molecule has 0 spiro atoms. The summed E-state index contributed by atoms with van der Waals surface area (Å²) in [7, 11) is 2.52. The van der Waals surface area contributed by atoms with Crippen molar-refractivity contribution in [3.63, 3.8) is 0 Å². The van der Waals surface area contributed by atoms with E-state index in [4.69, 9.17) is 9.47 Å². The summed E-state index contributed by atoms with van der Waals surface area (Å²) in [5.74, 6) is -0.854. The molecular formula is C25H21F3N6O4. The molecule has 38 heavy (non-hydrogen) atoms. The summed E-state index contributed by atoms with van der Waals surface area (Å²) in [5, 5.41) is 6.68. The van der Waals surface area contributed by atoms with Gasteiger partial charge in [-0.2, -0.15) is 23.3 Å². The lowest BCUT2D eigenvalue weighted by Gasteiger charge is -2.14. The second-order valence-electron chi connectivity index (χ2n) is 8.05. The van der Waals surface area contributed by atoms with Crippen molar-refractivity contribution < 1.29 is 32.2 Å². The highest BCUT2D eigenvalue weighted by atomic mass is 19.4. The maximum Gasteiger partial charge on any atom is 0.435 e. The third-order valence-corrected chi connectivity index (χ3v) is 5.43. The molecule has 0 unspecified atom stereocenters. The number of aromatic nitrogens is 5. The number of hydrogen-bond acceptors (Lipinski definition) is 9. The van der Waals surface area contributed by atoms with E-state index in [1.54, 1.807) is 24.3 Å². The van der Waals surface area contributed by atoms with Crippen LogP contribution in [0.5, 0.6) is 5.88 Å². The number of carbonyl (C=O) groups is 2. The molecule has 4 aromatic rings. The molecule has 196 valence electrons. The van der Waals surface area contributed by atoms with Gasteiger partial charge in [0.15, 0.2) is 17.3 Å². The normalized spacial score (nSPS) is 11.2. The van der Waals surface area contributed by atoms with Crippen LogP contribution in [0.1, 0.15) is 39.0 Å². The zero-order chi connectivity index (χ0) is 27.6. The van der Waals surface area contributed by atoms with Gasteiger partial charge in [0.1, 0.15) is 5.56 Å². The molecule has 3 heterocycles. The number of aryl methyl sites for hydroxylation is 1. The zero-order valence-electron chi connectivity index (χ0n) is 20.6. The number of Topliss-reactive ketones (excluding diaryl/α,β-unsaturated/α-hetero) is 1. The number of pyridine rings is 1. The standard InChI is InChI=1S/C25H21F3N6O4/c1-13-8-20(25(26,27)28)33-34(13)21-19(16-10-18(23(36)38-4)22(37-3)29-11-16)12-30-24(32-21)31-17-7-5-6-15(9-17)14(2)35/h5-12H,1-4H3,(H,30,31,32). The van der Waals surface area contributed by atoms with E-state index < -0.39 is 17.8 Å². The van der Waals surface area contributed by atoms with Crippen LogP contribution in [0, 0.1) is 6.92 Å². The molecule has 10 nitrogen and oxygen atoms in total. The molecule has 3 aromatic heterocycles. The van der Waals surface area contributed by atoms with Crippen LogP contribution in [0.15, 0.2) is 48.8 Å². The fourth-order valence-corrected chi connectivity index (χ4v) is 3.59. The van der Waals surface area contributed by atoms with Crippen molar-refractivity contribution >= 4 is 23.4 Å². The second kappa shape index (κ2) is 10.3. The molecule has 0 radical (unpaired) electrons. The van der Waals surface area contributed by atoms with Crippen molar-refractivity contribution in [3.05, 3.63) is 71.3 Å². The van der Waals surface area contributed by atoms with Gasteiger partial charge in [0, 0.05) is 40.5 Å². The maximum absolute atomic E-state index is 13.4. The molecule has 0 bridgehead atoms. The molecule has 0 fully saturated rings. The third-order valence-electron chi connectivity index (χ3n) is 5.43. The topological polar surface area (TPSA) is 121 Å². The number of rotatable bonds is 7. The lowest BCUT2D eigenvalue weighted by molar-refractivity contribution is -0.141. The van der Waals surface area contributed by atoms with Crippen molar-refractivity contribution in [3.8, 4) is 22.8 Å². The van der Waals surface area contributed by atoms with Gasteiger partial charge in [-0.05, 0) is 38.1 Å². The SMILES string of the molecule is COC(=O)c1cc(-c2cnc(Nc3cccc(C(C)=O)c3)nc2-n2nc(C(F)(F)F)cc2C)cnc1OC. The number of benzene rings is 1. The number of ether oxygens (including phenoxy) is 2. The van der Waals surface area contributed by atoms with Crippen molar-refractivity contribution in [2.45, 2.75) is 20.0 Å². The number of anilines is 2. The Bertz CT molecular complexity index is 1530. The molecule has 0 saturated heterocycles. The molecule has 0 atom stereocenters. The van der Waals surface area contributed by atoms with Gasteiger partial charge in [0.2, 0.25) is 11.8 Å². The minimum absolute atomic E-state index is 0.00124. The predicted octanol–water partition coefficient (Wildman–Crippen LogP) is 4.79. The summed E-state index contributed by atoms with van der Waals surface area (Å²) in [6, 6.07) is 8.88. The molecule has 0 aliphatic rings. The van der Waals surface area contributed by atoms with E-state index in [1.165, 1.54) is 46.5 Å². The van der Waals surface area contributed by atoms with Gasteiger partial charge in [-0.1, -0.05) is 12.1 Å². The van der Waals surface area contributed by atoms with E-state index in [1.807, 2.05) is 0 Å². The highest BCUT2D eigenvalue weighted by molar-refractivity contribution is 5.95. The molecule has 0 aliphatic carbocycles. The maximum atomic E-state index is 13.4. The number of nitrogens with one attached hydrogen (secondary N) is 1. The first-order chi connectivity index (χ1) is 18.0. The smallest absolute Gasteiger partial charge is 0.435 e. The largest absolute Gasteiger partial charge is 0.480 e. The van der Waals surface area contributed by atoms with Crippen LogP contribution >= 0.6 is 0 Å². The predicted molar refractivity (Wildman–Crippen MR) is 130 cm³/mol. The van der Waals surface area contributed by atoms with Gasteiger partial charge < -0.3 is 14.8 Å². The summed E-state index contributed by atoms with van der Waals surface area (Å²) in [5.41, 5.74) is 0.508. The Hall–Kier alpha value is -4.81. The highest BCUT2D eigenvalue weighted by Gasteiger charge is 2.35. The molecular weight excluding hydrogens is 505 g/mol. The highest BCUT2D eigenvalue weighted by Crippen LogP contribution is 2.33. The van der Waals surface area contributed by atoms with E-state index in [9.17, 15) is 22.8 Å². The molecule has 4 rings (SSSR count). The number of halogens is 3. The summed E-state index contributed by atoms with van der Waals surface area (Å²) in [6.45, 7) is 2.87. The quantitative estimate of drug-likeness (QED) is 0.268. The minimum Gasteiger partial charge on any atom is -0.480 e. The van der Waals surface area contributed by atoms with Gasteiger partial charge in [-0.15, -0.1) is 0 Å². The lowest BCUT2D eigenvalue weighted by Crippen LogP contribution is -2.11. The molecule has 13 heteroatoms. The Labute approximate surface area is 214 Å². The van der Waals surface area contributed by atoms with Gasteiger partial charge in [-0.25, -0.2) is 19.4 Å². The Morgan fingerprint density at radius 3 is 2.45 bits per heavy atom. The average Bonchev–Trinajstić information content (AvgIpc) is 3.30. The van der Waals surface area contributed by atoms with Crippen molar-refractivity contribution in [2.24, 2.45) is 0 Å². The lowest BCUT2D eigenvalue weighted by atomic mass is 10.1. The van der Waals surface area contributed by atoms with Gasteiger partial charge in [0.05, 0.1) is 14.2 Å². The van der Waals surface area contributed by atoms with Crippen LogP contribution < -0.4 is 10.1 Å². The van der Waals surface area contributed by atoms with E-state index >= 15 is 0 Å². The van der Waals surface area contributed by atoms with Gasteiger partial charge in [0.25, 0.3) is 0 Å². The first kappa shape index (κ1) is 26.3. The Morgan fingerprint density at radius 2 is 1.82 bits per heavy atom. The Morgan fingerprint density at radius 1 is 1.05 bits per heavy atom. The minimum atomic E-state index is -4.68. The Balaban J connectivity index is 1.88. The molecule has 1 N–H and O–H groups in total. The summed E-state index contributed by atoms with van der Waals surface area (Å²) < 4.78 is 51.2. The number of hydrogen-bond donors (Lipinski definition) is 1. The third kappa shape index (κ3) is 5.31. The number of esters is 1. The van der Waals surface area contributed by atoms with Crippen LogP contribution in [0.4, 0.5) is 24.8 Å². The number of ketones is 1. The molecule has 1 aromatic carbocycles. The van der Waals surface area contributed by atoms with E-state index in [0.29, 0.717) is 16.8 Å². The first-order valence-electron chi connectivity index (χ1n) is 11.0. The van der Waals surface area contributed by atoms with Crippen LogP contribution in [0.3, 0.4) is 0 Å². The molecule has 0 aliphatic heterocycles. The Kier molecular flexibility index (Phi) is 7.10. The fourth-order valence-electron chi connectivity index (χ4n) is 3.59. The zero-order valence-corrected chi connectivity index (χ0v) is 20.6. The fraction of sp³-hybridized carbons (Fsp3) is 0.200. The number of carbonyl (C=O) groups excluding carboxylic acids is 2. The number of alkyl halides is 3. The summed E-state index contributed by atoms with van der Waals surface area (Å²) >= 11 is 0. The summed E-state index contributed by atoms with van der Waals surface area (Å²) in [6.07, 6.45) is -1.96. The second-order valence-corrected chi connectivity index (χ2v) is 8.05. The molecule has 0 saturated carbocycles. The summed E-state index contributed by atoms with van der Waals surface area (Å²) in [4.78, 5) is 36.9. The van der Waals surface area contributed by atoms with Gasteiger partial charge >= 0.3 is 12.1 Å². The van der Waals surface area contributed by atoms with E-state index in [2.05, 4.69) is 25.4 Å². The molecule has 0 amide bonds. The van der Waals surface area contributed by atoms with Crippen molar-refractivity contribution in [1.82, 2.24) is 24.7 Å². The van der Waals surface area contributed by atoms with Crippen LogP contribution in [-0.4, -0.2) is 50.7 Å². The monoisotopic (exact) mass is 526 g/mol.